The lowest BCUT2D eigenvalue weighted by Gasteiger charge is -2.49. The van der Waals surface area contributed by atoms with Crippen molar-refractivity contribution in [3.05, 3.63) is 24.3 Å². The van der Waals surface area contributed by atoms with Crippen molar-refractivity contribution in [1.29, 1.82) is 0 Å². The number of piperidine rings is 1. The third-order valence-electron chi connectivity index (χ3n) is 4.90. The van der Waals surface area contributed by atoms with Crippen molar-refractivity contribution < 1.29 is 0 Å². The molecule has 2 nitrogen and oxygen atoms in total. The van der Waals surface area contributed by atoms with Crippen LogP contribution < -0.4 is 4.90 Å². The van der Waals surface area contributed by atoms with Crippen molar-refractivity contribution >= 4 is 17.4 Å². The van der Waals surface area contributed by atoms with Crippen molar-refractivity contribution in [1.82, 2.24) is 4.90 Å². The number of hydrogen-bond donors (Lipinski definition) is 0. The molecule has 3 rings (SSSR count). The molecule has 2 aliphatic rings. The zero-order chi connectivity index (χ0) is 13.9. The molecule has 1 aromatic rings. The molecule has 2 unspecified atom stereocenters. The fourth-order valence-electron chi connectivity index (χ4n) is 3.71. The van der Waals surface area contributed by atoms with Crippen LogP contribution in [0.5, 0.6) is 0 Å². The molecule has 0 bridgehead atoms. The predicted molar refractivity (Wildman–Crippen MR) is 88.9 cm³/mol. The molecule has 0 amide bonds. The molecule has 2 atom stereocenters. The minimum atomic E-state index is 0.682. The quantitative estimate of drug-likeness (QED) is 0.781. The van der Waals surface area contributed by atoms with E-state index < -0.39 is 0 Å². The second kappa shape index (κ2) is 6.40. The Balaban J connectivity index is 1.82. The number of thioether (sulfide) groups is 1. The second-order valence-corrected chi connectivity index (χ2v) is 6.94. The molecule has 0 aliphatic carbocycles. The van der Waals surface area contributed by atoms with Crippen molar-refractivity contribution in [2.24, 2.45) is 0 Å². The van der Waals surface area contributed by atoms with Gasteiger partial charge in [-0.3, -0.25) is 4.90 Å². The van der Waals surface area contributed by atoms with Gasteiger partial charge in [0, 0.05) is 35.8 Å². The SMILES string of the molecule is CCC1CN2CCCCC2CN1c1cccc(SC)c1. The van der Waals surface area contributed by atoms with Gasteiger partial charge < -0.3 is 4.90 Å². The Bertz CT molecular complexity index is 448. The maximum Gasteiger partial charge on any atom is 0.0415 e. The van der Waals surface area contributed by atoms with E-state index in [2.05, 4.69) is 47.2 Å². The standard InChI is InChI=1S/C17H26N2S/c1-3-14-12-18-10-5-4-7-16(18)13-19(14)15-8-6-9-17(11-15)20-2/h6,8-9,11,14,16H,3-5,7,10,12-13H2,1-2H3. The largest absolute Gasteiger partial charge is 0.366 e. The minimum Gasteiger partial charge on any atom is -0.366 e. The average molecular weight is 290 g/mol. The van der Waals surface area contributed by atoms with Crippen molar-refractivity contribution in [3.8, 4) is 0 Å². The third kappa shape index (κ3) is 2.84. The molecule has 0 spiro atoms. The van der Waals surface area contributed by atoms with Crippen LogP contribution in [-0.2, 0) is 0 Å². The summed E-state index contributed by atoms with van der Waals surface area (Å²) >= 11 is 1.84. The van der Waals surface area contributed by atoms with Crippen molar-refractivity contribution in [2.75, 3.05) is 30.8 Å². The van der Waals surface area contributed by atoms with Gasteiger partial charge in [0.1, 0.15) is 0 Å². The van der Waals surface area contributed by atoms with E-state index in [1.54, 1.807) is 0 Å². The Morgan fingerprint density at radius 1 is 1.25 bits per heavy atom. The maximum absolute atomic E-state index is 2.74. The number of nitrogens with zero attached hydrogens (tertiary/aromatic N) is 2. The highest BCUT2D eigenvalue weighted by atomic mass is 32.2. The average Bonchev–Trinajstić information content (AvgIpc) is 2.53. The molecule has 0 radical (unpaired) electrons. The van der Waals surface area contributed by atoms with Gasteiger partial charge in [0.05, 0.1) is 0 Å². The highest BCUT2D eigenvalue weighted by Gasteiger charge is 2.34. The van der Waals surface area contributed by atoms with Gasteiger partial charge >= 0.3 is 0 Å². The number of hydrogen-bond acceptors (Lipinski definition) is 3. The maximum atomic E-state index is 2.74. The topological polar surface area (TPSA) is 6.48 Å². The highest BCUT2D eigenvalue weighted by Crippen LogP contribution is 2.31. The molecular formula is C17H26N2S. The van der Waals surface area contributed by atoms with Crippen LogP contribution in [0.25, 0.3) is 0 Å². The normalized spacial score (nSPS) is 27.4. The third-order valence-corrected chi connectivity index (χ3v) is 5.62. The van der Waals surface area contributed by atoms with Crippen LogP contribution in [0, 0.1) is 0 Å². The monoisotopic (exact) mass is 290 g/mol. The number of rotatable bonds is 3. The molecule has 0 aromatic heterocycles. The molecule has 0 N–H and O–H groups in total. The molecule has 3 heteroatoms. The van der Waals surface area contributed by atoms with Crippen molar-refractivity contribution in [2.45, 2.75) is 49.6 Å². The molecule has 2 heterocycles. The summed E-state index contributed by atoms with van der Waals surface area (Å²) in [6.07, 6.45) is 7.60. The Kier molecular flexibility index (Phi) is 4.57. The first-order valence-corrected chi connectivity index (χ1v) is 9.19. The summed E-state index contributed by atoms with van der Waals surface area (Å²) in [5, 5.41) is 0. The van der Waals surface area contributed by atoms with E-state index in [0.29, 0.717) is 6.04 Å². The van der Waals surface area contributed by atoms with E-state index in [9.17, 15) is 0 Å². The van der Waals surface area contributed by atoms with E-state index in [4.69, 9.17) is 0 Å². The summed E-state index contributed by atoms with van der Waals surface area (Å²) in [4.78, 5) is 6.79. The number of fused-ring (bicyclic) bond motifs is 1. The molecule has 110 valence electrons. The summed E-state index contributed by atoms with van der Waals surface area (Å²) < 4.78 is 0. The molecule has 1 aromatic carbocycles. The molecule has 2 aliphatic heterocycles. The van der Waals surface area contributed by atoms with Gasteiger partial charge in [-0.1, -0.05) is 19.4 Å². The Morgan fingerprint density at radius 2 is 2.15 bits per heavy atom. The van der Waals surface area contributed by atoms with Gasteiger partial charge in [0.15, 0.2) is 0 Å². The lowest BCUT2D eigenvalue weighted by molar-refractivity contribution is 0.111. The Labute approximate surface area is 127 Å². The van der Waals surface area contributed by atoms with Crippen LogP contribution in [0.3, 0.4) is 0 Å². The fraction of sp³-hybridized carbons (Fsp3) is 0.647. The van der Waals surface area contributed by atoms with Crippen molar-refractivity contribution in [3.63, 3.8) is 0 Å². The minimum absolute atomic E-state index is 0.682. The highest BCUT2D eigenvalue weighted by molar-refractivity contribution is 7.98. The first kappa shape index (κ1) is 14.3. The van der Waals surface area contributed by atoms with E-state index in [1.807, 2.05) is 11.8 Å². The van der Waals surface area contributed by atoms with Gasteiger partial charge in [-0.15, -0.1) is 11.8 Å². The van der Waals surface area contributed by atoms with E-state index in [1.165, 1.54) is 55.9 Å². The predicted octanol–water partition coefficient (Wildman–Crippen LogP) is 3.86. The van der Waals surface area contributed by atoms with Gasteiger partial charge in [0.2, 0.25) is 0 Å². The fourth-order valence-corrected chi connectivity index (χ4v) is 4.16. The molecule has 20 heavy (non-hydrogen) atoms. The van der Waals surface area contributed by atoms with Gasteiger partial charge in [-0.25, -0.2) is 0 Å². The van der Waals surface area contributed by atoms with Gasteiger partial charge in [-0.2, -0.15) is 0 Å². The zero-order valence-corrected chi connectivity index (χ0v) is 13.5. The van der Waals surface area contributed by atoms with Crippen LogP contribution in [0.15, 0.2) is 29.2 Å². The Morgan fingerprint density at radius 3 is 2.95 bits per heavy atom. The molecule has 0 saturated carbocycles. The summed E-state index contributed by atoms with van der Waals surface area (Å²) in [6, 6.07) is 10.5. The second-order valence-electron chi connectivity index (χ2n) is 6.06. The number of anilines is 1. The van der Waals surface area contributed by atoms with E-state index in [0.717, 1.165) is 6.04 Å². The lowest BCUT2D eigenvalue weighted by atomic mass is 9.95. The first-order chi connectivity index (χ1) is 9.81. The smallest absolute Gasteiger partial charge is 0.0415 e. The van der Waals surface area contributed by atoms with E-state index >= 15 is 0 Å². The van der Waals surface area contributed by atoms with Gasteiger partial charge in [0.25, 0.3) is 0 Å². The summed E-state index contributed by atoms with van der Waals surface area (Å²) in [6.45, 7) is 6.13. The number of benzene rings is 1. The summed E-state index contributed by atoms with van der Waals surface area (Å²) in [5.74, 6) is 0. The van der Waals surface area contributed by atoms with Crippen LogP contribution in [0.2, 0.25) is 0 Å². The summed E-state index contributed by atoms with van der Waals surface area (Å²) in [5.41, 5.74) is 1.42. The van der Waals surface area contributed by atoms with Crippen LogP contribution in [0.4, 0.5) is 5.69 Å². The number of piperazine rings is 1. The lowest BCUT2D eigenvalue weighted by Crippen LogP contribution is -2.59. The Hall–Kier alpha value is -0.670. The zero-order valence-electron chi connectivity index (χ0n) is 12.7. The van der Waals surface area contributed by atoms with E-state index in [-0.39, 0.29) is 0 Å². The van der Waals surface area contributed by atoms with Crippen LogP contribution >= 0.6 is 11.8 Å². The first-order valence-electron chi connectivity index (χ1n) is 7.96. The van der Waals surface area contributed by atoms with Crippen LogP contribution in [-0.4, -0.2) is 42.9 Å². The molecule has 2 fully saturated rings. The van der Waals surface area contributed by atoms with Gasteiger partial charge in [-0.05, 0) is 50.3 Å². The molecular weight excluding hydrogens is 264 g/mol. The molecule has 2 saturated heterocycles. The van der Waals surface area contributed by atoms with Crippen LogP contribution in [0.1, 0.15) is 32.6 Å². The summed E-state index contributed by atoms with van der Waals surface area (Å²) in [7, 11) is 0.